The molecule has 1 amide bonds. The monoisotopic (exact) mass is 403 g/mol. The van der Waals surface area contributed by atoms with E-state index in [1.165, 1.54) is 29.7 Å². The van der Waals surface area contributed by atoms with Crippen molar-refractivity contribution in [2.24, 2.45) is 11.8 Å². The number of sulfonamides is 1. The van der Waals surface area contributed by atoms with Crippen molar-refractivity contribution < 1.29 is 13.2 Å². The zero-order valence-corrected chi connectivity index (χ0v) is 16.7. The van der Waals surface area contributed by atoms with E-state index >= 15 is 0 Å². The van der Waals surface area contributed by atoms with Crippen LogP contribution in [0, 0.1) is 11.8 Å². The number of hydrogen-bond donors (Lipinski definition) is 1. The highest BCUT2D eigenvalue weighted by Gasteiger charge is 2.29. The van der Waals surface area contributed by atoms with Crippen LogP contribution in [0.3, 0.4) is 0 Å². The molecule has 0 radical (unpaired) electrons. The first-order valence-electron chi connectivity index (χ1n) is 9.72. The molecule has 1 aliphatic heterocycles. The molecule has 0 spiro atoms. The van der Waals surface area contributed by atoms with Gasteiger partial charge in [-0.25, -0.2) is 18.4 Å². The van der Waals surface area contributed by atoms with Crippen LogP contribution in [-0.4, -0.2) is 52.8 Å². The van der Waals surface area contributed by atoms with Gasteiger partial charge in [0, 0.05) is 32.0 Å². The summed E-state index contributed by atoms with van der Waals surface area (Å²) in [5.41, 5.74) is 0.321. The lowest BCUT2D eigenvalue weighted by molar-refractivity contribution is 0.0947. The fourth-order valence-electron chi connectivity index (χ4n) is 3.41. The van der Waals surface area contributed by atoms with Gasteiger partial charge in [0.2, 0.25) is 10.0 Å². The van der Waals surface area contributed by atoms with E-state index in [-0.39, 0.29) is 10.8 Å². The van der Waals surface area contributed by atoms with Crippen molar-refractivity contribution in [2.45, 2.75) is 37.5 Å². The lowest BCUT2D eigenvalue weighted by Gasteiger charge is -2.29. The second-order valence-corrected chi connectivity index (χ2v) is 9.72. The number of amides is 1. The Labute approximate surface area is 165 Å². The molecular weight excluding hydrogens is 378 g/mol. The number of carbonyl (C=O) groups excluding carboxylic acids is 1. The summed E-state index contributed by atoms with van der Waals surface area (Å²) in [5.74, 6) is 1.28. The number of aromatic nitrogens is 3. The van der Waals surface area contributed by atoms with Crippen LogP contribution >= 0.6 is 0 Å². The summed E-state index contributed by atoms with van der Waals surface area (Å²) in [6.07, 6.45) is 8.76. The molecule has 1 saturated heterocycles. The number of hydrogen-bond acceptors (Lipinski definition) is 5. The maximum absolute atomic E-state index is 12.8. The zero-order valence-electron chi connectivity index (χ0n) is 15.9. The third-order valence-corrected chi connectivity index (χ3v) is 7.15. The molecule has 0 bridgehead atoms. The highest BCUT2D eigenvalue weighted by Crippen LogP contribution is 2.27. The standard InChI is InChI=1S/C19H25N5O3S/c1-14-3-2-8-24(11-14)28(26,27)16-6-7-18(20-10-16)23-12-17(22-13-23)19(25)21-9-15-4-5-15/h6-7,10,12-15H,2-5,8-9,11H2,1H3,(H,21,25)/t14-/m1/s1. The molecule has 4 rings (SSSR count). The van der Waals surface area contributed by atoms with Crippen molar-refractivity contribution in [2.75, 3.05) is 19.6 Å². The summed E-state index contributed by atoms with van der Waals surface area (Å²) in [6, 6.07) is 3.19. The van der Waals surface area contributed by atoms with Gasteiger partial charge in [0.1, 0.15) is 22.7 Å². The third kappa shape index (κ3) is 4.10. The Morgan fingerprint density at radius 3 is 2.75 bits per heavy atom. The highest BCUT2D eigenvalue weighted by atomic mass is 32.2. The summed E-state index contributed by atoms with van der Waals surface area (Å²) in [4.78, 5) is 20.7. The molecule has 8 nitrogen and oxygen atoms in total. The molecule has 150 valence electrons. The Hall–Kier alpha value is -2.26. The first-order valence-corrected chi connectivity index (χ1v) is 11.2. The Morgan fingerprint density at radius 2 is 2.07 bits per heavy atom. The van der Waals surface area contributed by atoms with Crippen molar-refractivity contribution >= 4 is 15.9 Å². The van der Waals surface area contributed by atoms with E-state index in [2.05, 4.69) is 22.2 Å². The lowest BCUT2D eigenvalue weighted by Crippen LogP contribution is -2.39. The number of rotatable bonds is 6. The minimum Gasteiger partial charge on any atom is -0.350 e. The second-order valence-electron chi connectivity index (χ2n) is 7.78. The quantitative estimate of drug-likeness (QED) is 0.794. The van der Waals surface area contributed by atoms with Crippen molar-refractivity contribution in [3.8, 4) is 5.82 Å². The van der Waals surface area contributed by atoms with Crippen molar-refractivity contribution in [1.82, 2.24) is 24.2 Å². The van der Waals surface area contributed by atoms with Crippen LogP contribution in [0.15, 0.2) is 35.7 Å². The van der Waals surface area contributed by atoms with E-state index in [0.717, 1.165) is 12.8 Å². The summed E-state index contributed by atoms with van der Waals surface area (Å²) in [6.45, 7) is 3.85. The number of nitrogens with one attached hydrogen (secondary N) is 1. The van der Waals surface area contributed by atoms with E-state index < -0.39 is 10.0 Å². The average Bonchev–Trinajstić information content (AvgIpc) is 3.40. The Bertz CT molecular complexity index is 950. The SMILES string of the molecule is C[C@@H]1CCCN(S(=O)(=O)c2ccc(-n3cnc(C(=O)NCC4CC4)c3)nc2)C1. The van der Waals surface area contributed by atoms with Gasteiger partial charge in [0.15, 0.2) is 0 Å². The normalized spacial score (nSPS) is 20.8. The second kappa shape index (κ2) is 7.63. The summed E-state index contributed by atoms with van der Waals surface area (Å²) < 4.78 is 28.8. The molecule has 2 aromatic rings. The molecular formula is C19H25N5O3S. The molecule has 28 heavy (non-hydrogen) atoms. The minimum absolute atomic E-state index is 0.188. The molecule has 1 saturated carbocycles. The fourth-order valence-corrected chi connectivity index (χ4v) is 4.95. The van der Waals surface area contributed by atoms with Crippen LogP contribution in [0.1, 0.15) is 43.1 Å². The summed E-state index contributed by atoms with van der Waals surface area (Å²) in [7, 11) is -3.53. The first-order chi connectivity index (χ1) is 13.4. The van der Waals surface area contributed by atoms with Crippen molar-refractivity contribution in [3.05, 3.63) is 36.5 Å². The largest absolute Gasteiger partial charge is 0.350 e. The number of imidazole rings is 1. The van der Waals surface area contributed by atoms with E-state index in [4.69, 9.17) is 0 Å². The van der Waals surface area contributed by atoms with Crippen LogP contribution in [-0.2, 0) is 10.0 Å². The fraction of sp³-hybridized carbons (Fsp3) is 0.526. The average molecular weight is 404 g/mol. The Kier molecular flexibility index (Phi) is 5.20. The van der Waals surface area contributed by atoms with Crippen molar-refractivity contribution in [3.63, 3.8) is 0 Å². The van der Waals surface area contributed by atoms with Gasteiger partial charge in [-0.1, -0.05) is 6.92 Å². The maximum atomic E-state index is 12.8. The van der Waals surface area contributed by atoms with Crippen LogP contribution in [0.5, 0.6) is 0 Å². The van der Waals surface area contributed by atoms with Gasteiger partial charge >= 0.3 is 0 Å². The van der Waals surface area contributed by atoms with Gasteiger partial charge < -0.3 is 5.32 Å². The van der Waals surface area contributed by atoms with Crippen molar-refractivity contribution in [1.29, 1.82) is 0 Å². The molecule has 2 aromatic heterocycles. The molecule has 3 heterocycles. The molecule has 9 heteroatoms. The highest BCUT2D eigenvalue weighted by molar-refractivity contribution is 7.89. The molecule has 2 fully saturated rings. The van der Waals surface area contributed by atoms with E-state index in [1.807, 2.05) is 0 Å². The number of carbonyl (C=O) groups is 1. The third-order valence-electron chi connectivity index (χ3n) is 5.31. The molecule has 0 unspecified atom stereocenters. The lowest BCUT2D eigenvalue weighted by atomic mass is 10.0. The molecule has 1 N–H and O–H groups in total. The topological polar surface area (TPSA) is 97.2 Å². The van der Waals surface area contributed by atoms with Crippen LogP contribution in [0.4, 0.5) is 0 Å². The first kappa shape index (κ1) is 19.1. The van der Waals surface area contributed by atoms with Gasteiger partial charge in [-0.3, -0.25) is 9.36 Å². The number of pyridine rings is 1. The van der Waals surface area contributed by atoms with Crippen LogP contribution in [0.2, 0.25) is 0 Å². The van der Waals surface area contributed by atoms with Crippen LogP contribution < -0.4 is 5.32 Å². The van der Waals surface area contributed by atoms with Gasteiger partial charge in [0.05, 0.1) is 0 Å². The minimum atomic E-state index is -3.53. The molecule has 0 aromatic carbocycles. The molecule has 1 aliphatic carbocycles. The molecule has 2 aliphatic rings. The van der Waals surface area contributed by atoms with E-state index in [9.17, 15) is 13.2 Å². The van der Waals surface area contributed by atoms with Gasteiger partial charge in [-0.2, -0.15) is 4.31 Å². The van der Waals surface area contributed by atoms with Gasteiger partial charge in [-0.15, -0.1) is 0 Å². The van der Waals surface area contributed by atoms with Gasteiger partial charge in [-0.05, 0) is 49.7 Å². The molecule has 1 atom stereocenters. The number of nitrogens with zero attached hydrogens (tertiary/aromatic N) is 4. The summed E-state index contributed by atoms with van der Waals surface area (Å²) in [5, 5.41) is 2.87. The van der Waals surface area contributed by atoms with E-state index in [0.29, 0.717) is 43.0 Å². The Morgan fingerprint density at radius 1 is 1.25 bits per heavy atom. The predicted octanol–water partition coefficient (Wildman–Crippen LogP) is 1.83. The predicted molar refractivity (Wildman–Crippen MR) is 104 cm³/mol. The van der Waals surface area contributed by atoms with Crippen LogP contribution in [0.25, 0.3) is 5.82 Å². The van der Waals surface area contributed by atoms with Gasteiger partial charge in [0.25, 0.3) is 5.91 Å². The Balaban J connectivity index is 1.46. The maximum Gasteiger partial charge on any atom is 0.271 e. The summed E-state index contributed by atoms with van der Waals surface area (Å²) >= 11 is 0. The van der Waals surface area contributed by atoms with E-state index in [1.54, 1.807) is 22.9 Å². The smallest absolute Gasteiger partial charge is 0.271 e. The number of piperidine rings is 1. The zero-order chi connectivity index (χ0) is 19.7.